The maximum Gasteiger partial charge on any atom is 0.409 e. The molecule has 0 spiro atoms. The Morgan fingerprint density at radius 3 is 2.72 bits per heavy atom. The zero-order chi connectivity index (χ0) is 27.5. The van der Waals surface area contributed by atoms with Crippen molar-refractivity contribution in [2.75, 3.05) is 17.2 Å². The second-order valence-corrected chi connectivity index (χ2v) is 10.4. The van der Waals surface area contributed by atoms with E-state index in [1.807, 2.05) is 48.2 Å². The van der Waals surface area contributed by atoms with Crippen LogP contribution in [-0.2, 0) is 9.59 Å². The van der Waals surface area contributed by atoms with Gasteiger partial charge >= 0.3 is 6.09 Å². The number of carbonyl (C=O) groups excluding carboxylic acids is 2. The summed E-state index contributed by atoms with van der Waals surface area (Å²) in [5.41, 5.74) is 5.10. The van der Waals surface area contributed by atoms with E-state index < -0.39 is 6.09 Å². The number of hydrogen-bond acceptors (Lipinski definition) is 4. The Morgan fingerprint density at radius 1 is 1.10 bits per heavy atom. The van der Waals surface area contributed by atoms with Gasteiger partial charge < -0.3 is 15.3 Å². The number of anilines is 2. The molecule has 200 valence electrons. The average Bonchev–Trinajstić information content (AvgIpc) is 2.91. The number of hydrogen-bond donors (Lipinski definition) is 3. The standard InChI is InChI=1S/C30H29ClN4O4/c1-18-4-2-7-27(35-13-11-20(16-28(35)36)19-5-3-6-22(31)14-19)26-15-21(10-12-32-26)24-9-8-23(33-30(38)39)17-25(24)34-29(18)37/h3,5-6,8-10,12,14-18,27,33H,2,4,7,11,13H2,1H3,(H,34,37)(H,38,39)/t18-,27?/m0/s1. The van der Waals surface area contributed by atoms with Gasteiger partial charge in [0.15, 0.2) is 0 Å². The Balaban J connectivity index is 1.52. The number of amides is 3. The minimum absolute atomic E-state index is 0.0731. The van der Waals surface area contributed by atoms with Crippen molar-refractivity contribution in [3.8, 4) is 11.1 Å². The fourth-order valence-electron chi connectivity index (χ4n) is 5.25. The Labute approximate surface area is 231 Å². The maximum atomic E-state index is 13.4. The number of halogens is 1. The highest BCUT2D eigenvalue weighted by molar-refractivity contribution is 6.30. The Morgan fingerprint density at radius 2 is 1.95 bits per heavy atom. The lowest BCUT2D eigenvalue weighted by atomic mass is 9.93. The highest BCUT2D eigenvalue weighted by Crippen LogP contribution is 2.37. The zero-order valence-corrected chi connectivity index (χ0v) is 22.2. The highest BCUT2D eigenvalue weighted by atomic mass is 35.5. The molecule has 8 nitrogen and oxygen atoms in total. The van der Waals surface area contributed by atoms with Crippen LogP contribution in [0.2, 0.25) is 5.02 Å². The molecule has 3 aromatic rings. The van der Waals surface area contributed by atoms with Gasteiger partial charge in [-0.1, -0.05) is 43.1 Å². The molecule has 2 aromatic carbocycles. The van der Waals surface area contributed by atoms with Crippen molar-refractivity contribution in [2.45, 2.75) is 38.6 Å². The van der Waals surface area contributed by atoms with Crippen molar-refractivity contribution >= 4 is 46.5 Å². The first-order valence-corrected chi connectivity index (χ1v) is 13.3. The molecule has 0 radical (unpaired) electrons. The SMILES string of the molecule is C[C@H]1CCCC(N2CCC(c3cccc(Cl)c3)=CC2=O)c2cc(ccn2)-c2ccc(NC(=O)O)cc2NC1=O. The van der Waals surface area contributed by atoms with E-state index in [0.717, 1.165) is 34.4 Å². The van der Waals surface area contributed by atoms with Gasteiger partial charge in [0.05, 0.1) is 17.4 Å². The number of nitrogens with one attached hydrogen (secondary N) is 2. The van der Waals surface area contributed by atoms with E-state index in [1.54, 1.807) is 30.5 Å². The third-order valence-corrected chi connectivity index (χ3v) is 7.53. The molecule has 3 amide bonds. The number of carboxylic acid groups (broad SMARTS) is 1. The number of rotatable bonds is 3. The topological polar surface area (TPSA) is 112 Å². The molecule has 1 unspecified atom stereocenters. The molecule has 2 aliphatic rings. The van der Waals surface area contributed by atoms with Gasteiger partial charge in [0.25, 0.3) is 0 Å². The van der Waals surface area contributed by atoms with Gasteiger partial charge in [-0.15, -0.1) is 0 Å². The van der Waals surface area contributed by atoms with Crippen molar-refractivity contribution in [1.29, 1.82) is 0 Å². The molecule has 1 aromatic heterocycles. The van der Waals surface area contributed by atoms with Crippen molar-refractivity contribution < 1.29 is 19.5 Å². The lowest BCUT2D eigenvalue weighted by molar-refractivity contribution is -0.129. The summed E-state index contributed by atoms with van der Waals surface area (Å²) in [6, 6.07) is 16.1. The van der Waals surface area contributed by atoms with Gasteiger partial charge in [-0.3, -0.25) is 19.9 Å². The minimum Gasteiger partial charge on any atom is -0.465 e. The Kier molecular flexibility index (Phi) is 7.65. The van der Waals surface area contributed by atoms with Gasteiger partial charge in [-0.2, -0.15) is 0 Å². The lowest BCUT2D eigenvalue weighted by Gasteiger charge is -2.34. The van der Waals surface area contributed by atoms with Crippen molar-refractivity contribution in [2.24, 2.45) is 5.92 Å². The van der Waals surface area contributed by atoms with Crippen LogP contribution in [0.25, 0.3) is 16.7 Å². The molecular formula is C30H29ClN4O4. The van der Waals surface area contributed by atoms with Crippen LogP contribution in [0.3, 0.4) is 0 Å². The molecule has 0 saturated carbocycles. The van der Waals surface area contributed by atoms with Crippen molar-refractivity contribution in [3.63, 3.8) is 0 Å². The van der Waals surface area contributed by atoms with E-state index in [9.17, 15) is 14.4 Å². The highest BCUT2D eigenvalue weighted by Gasteiger charge is 2.30. The predicted octanol–water partition coefficient (Wildman–Crippen LogP) is 6.61. The average molecular weight is 545 g/mol. The summed E-state index contributed by atoms with van der Waals surface area (Å²) in [5, 5.41) is 15.1. The molecule has 2 bridgehead atoms. The van der Waals surface area contributed by atoms with Gasteiger partial charge in [-0.05, 0) is 72.4 Å². The summed E-state index contributed by atoms with van der Waals surface area (Å²) in [4.78, 5) is 44.2. The summed E-state index contributed by atoms with van der Waals surface area (Å²) in [7, 11) is 0. The van der Waals surface area contributed by atoms with Crippen molar-refractivity contribution in [1.82, 2.24) is 9.88 Å². The molecule has 2 atom stereocenters. The van der Waals surface area contributed by atoms with E-state index in [4.69, 9.17) is 16.7 Å². The first-order chi connectivity index (χ1) is 18.8. The molecule has 3 heterocycles. The fraction of sp³-hybridized carbons (Fsp3) is 0.267. The van der Waals surface area contributed by atoms with Crippen LogP contribution in [0.1, 0.15) is 49.9 Å². The van der Waals surface area contributed by atoms with Crippen LogP contribution in [0.15, 0.2) is 66.9 Å². The largest absolute Gasteiger partial charge is 0.465 e. The van der Waals surface area contributed by atoms with Crippen LogP contribution in [0.4, 0.5) is 16.2 Å². The fourth-order valence-corrected chi connectivity index (χ4v) is 5.44. The molecule has 2 aliphatic heterocycles. The minimum atomic E-state index is -1.18. The van der Waals surface area contributed by atoms with E-state index in [-0.39, 0.29) is 23.8 Å². The summed E-state index contributed by atoms with van der Waals surface area (Å²) in [6.07, 6.45) is 4.96. The third kappa shape index (κ3) is 5.96. The van der Waals surface area contributed by atoms with E-state index >= 15 is 0 Å². The van der Waals surface area contributed by atoms with E-state index in [0.29, 0.717) is 42.2 Å². The normalized spacial score (nSPS) is 19.6. The molecule has 3 N–H and O–H groups in total. The van der Waals surface area contributed by atoms with Gasteiger partial charge in [-0.25, -0.2) is 4.79 Å². The van der Waals surface area contributed by atoms with Crippen LogP contribution < -0.4 is 10.6 Å². The van der Waals surface area contributed by atoms with Gasteiger partial charge in [0.2, 0.25) is 11.8 Å². The number of aromatic nitrogens is 1. The Hall–Kier alpha value is -4.17. The lowest BCUT2D eigenvalue weighted by Crippen LogP contribution is -2.38. The second-order valence-electron chi connectivity index (χ2n) is 9.96. The third-order valence-electron chi connectivity index (χ3n) is 7.30. The number of nitrogens with zero attached hydrogens (tertiary/aromatic N) is 2. The van der Waals surface area contributed by atoms with Crippen LogP contribution in [0, 0.1) is 5.92 Å². The Bertz CT molecular complexity index is 1470. The molecule has 0 fully saturated rings. The van der Waals surface area contributed by atoms with Crippen LogP contribution in [0.5, 0.6) is 0 Å². The zero-order valence-electron chi connectivity index (χ0n) is 21.5. The number of fused-ring (bicyclic) bond motifs is 4. The van der Waals surface area contributed by atoms with Crippen LogP contribution >= 0.6 is 11.6 Å². The number of carbonyl (C=O) groups is 3. The quantitative estimate of drug-likeness (QED) is 0.343. The number of pyridine rings is 1. The molecule has 5 rings (SSSR count). The molecular weight excluding hydrogens is 516 g/mol. The summed E-state index contributed by atoms with van der Waals surface area (Å²) in [5.74, 6) is -0.485. The predicted molar refractivity (Wildman–Crippen MR) is 151 cm³/mol. The smallest absolute Gasteiger partial charge is 0.409 e. The number of benzene rings is 2. The first-order valence-electron chi connectivity index (χ1n) is 13.0. The molecule has 39 heavy (non-hydrogen) atoms. The summed E-state index contributed by atoms with van der Waals surface area (Å²) >= 11 is 6.18. The maximum absolute atomic E-state index is 13.4. The monoisotopic (exact) mass is 544 g/mol. The van der Waals surface area contributed by atoms with E-state index in [2.05, 4.69) is 15.6 Å². The molecule has 0 aliphatic carbocycles. The van der Waals surface area contributed by atoms with Gasteiger partial charge in [0.1, 0.15) is 0 Å². The molecule has 0 saturated heterocycles. The first kappa shape index (κ1) is 26.4. The second kappa shape index (κ2) is 11.3. The van der Waals surface area contributed by atoms with Crippen LogP contribution in [-0.4, -0.2) is 39.4 Å². The van der Waals surface area contributed by atoms with E-state index in [1.165, 1.54) is 0 Å². The summed E-state index contributed by atoms with van der Waals surface area (Å²) in [6.45, 7) is 2.42. The van der Waals surface area contributed by atoms with Gasteiger partial charge in [0, 0.05) is 41.0 Å². The summed E-state index contributed by atoms with van der Waals surface area (Å²) < 4.78 is 0. The van der Waals surface area contributed by atoms with Crippen molar-refractivity contribution in [3.05, 3.63) is 83.2 Å². The molecule has 9 heteroatoms.